The number of amides is 2. The Hall–Kier alpha value is -2.34. The Bertz CT molecular complexity index is 842. The third kappa shape index (κ3) is 4.22. The first-order chi connectivity index (χ1) is 13.6. The van der Waals surface area contributed by atoms with E-state index in [0.717, 1.165) is 41.6 Å². The molecule has 2 unspecified atom stereocenters. The molecule has 2 heterocycles. The SMILES string of the molecule is NC(Cc1c[nH]c2ccccc12)C(=O)N1CCCC1C(=O)NCCCC1CC1. The summed E-state index contributed by atoms with van der Waals surface area (Å²) < 4.78 is 0. The van der Waals surface area contributed by atoms with Crippen LogP contribution in [-0.4, -0.2) is 46.9 Å². The molecule has 2 amide bonds. The van der Waals surface area contributed by atoms with E-state index in [2.05, 4.69) is 10.3 Å². The van der Waals surface area contributed by atoms with E-state index in [4.69, 9.17) is 5.73 Å². The standard InChI is InChI=1S/C22H30N4O2/c23-18(13-16-14-25-19-7-2-1-6-17(16)19)22(28)26-12-4-8-20(26)21(27)24-11-3-5-15-9-10-15/h1-2,6-7,14-15,18,20,25H,3-5,8-13,23H2,(H,24,27). The van der Waals surface area contributed by atoms with Gasteiger partial charge in [0.25, 0.3) is 0 Å². The molecule has 6 heteroatoms. The molecule has 1 aliphatic carbocycles. The van der Waals surface area contributed by atoms with Crippen LogP contribution in [-0.2, 0) is 16.0 Å². The van der Waals surface area contributed by atoms with Crippen molar-refractivity contribution in [2.75, 3.05) is 13.1 Å². The zero-order chi connectivity index (χ0) is 19.5. The van der Waals surface area contributed by atoms with Crippen molar-refractivity contribution in [1.82, 2.24) is 15.2 Å². The summed E-state index contributed by atoms with van der Waals surface area (Å²) in [5.74, 6) is 0.728. The summed E-state index contributed by atoms with van der Waals surface area (Å²) in [6.45, 7) is 1.32. The van der Waals surface area contributed by atoms with Gasteiger partial charge in [-0.2, -0.15) is 0 Å². The number of aromatic nitrogens is 1. The molecule has 1 aliphatic heterocycles. The second-order valence-corrected chi connectivity index (χ2v) is 8.24. The van der Waals surface area contributed by atoms with Gasteiger partial charge in [0.2, 0.25) is 11.8 Å². The molecule has 28 heavy (non-hydrogen) atoms. The number of carbonyl (C=O) groups is 2. The maximum absolute atomic E-state index is 13.0. The van der Waals surface area contributed by atoms with Crippen LogP contribution in [0.5, 0.6) is 0 Å². The molecule has 2 aromatic rings. The van der Waals surface area contributed by atoms with Gasteiger partial charge in [-0.3, -0.25) is 9.59 Å². The highest BCUT2D eigenvalue weighted by Gasteiger charge is 2.36. The molecule has 1 aromatic heterocycles. The number of nitrogens with two attached hydrogens (primary N) is 1. The Morgan fingerprint density at radius 2 is 2.07 bits per heavy atom. The van der Waals surface area contributed by atoms with Crippen molar-refractivity contribution in [3.63, 3.8) is 0 Å². The fraction of sp³-hybridized carbons (Fsp3) is 0.545. The van der Waals surface area contributed by atoms with E-state index in [-0.39, 0.29) is 17.9 Å². The fourth-order valence-electron chi connectivity index (χ4n) is 4.27. The fourth-order valence-corrected chi connectivity index (χ4v) is 4.27. The van der Waals surface area contributed by atoms with Crippen LogP contribution < -0.4 is 11.1 Å². The number of likely N-dealkylation sites (tertiary alicyclic amines) is 1. The topological polar surface area (TPSA) is 91.2 Å². The minimum absolute atomic E-state index is 0.0269. The van der Waals surface area contributed by atoms with Gasteiger partial charge in [-0.25, -0.2) is 0 Å². The lowest BCUT2D eigenvalue weighted by Crippen LogP contribution is -2.51. The number of fused-ring (bicyclic) bond motifs is 1. The van der Waals surface area contributed by atoms with E-state index >= 15 is 0 Å². The van der Waals surface area contributed by atoms with Crippen LogP contribution >= 0.6 is 0 Å². The molecule has 1 saturated carbocycles. The normalized spacial score (nSPS) is 20.5. The molecule has 2 atom stereocenters. The highest BCUT2D eigenvalue weighted by molar-refractivity contribution is 5.91. The van der Waals surface area contributed by atoms with Crippen LogP contribution in [0.4, 0.5) is 0 Å². The van der Waals surface area contributed by atoms with E-state index in [1.165, 1.54) is 19.3 Å². The maximum atomic E-state index is 13.0. The Labute approximate surface area is 165 Å². The van der Waals surface area contributed by atoms with Gasteiger partial charge in [0.05, 0.1) is 6.04 Å². The molecule has 0 spiro atoms. The van der Waals surface area contributed by atoms with Gasteiger partial charge in [0.15, 0.2) is 0 Å². The zero-order valence-corrected chi connectivity index (χ0v) is 16.3. The number of carbonyl (C=O) groups excluding carboxylic acids is 2. The predicted molar refractivity (Wildman–Crippen MR) is 110 cm³/mol. The number of nitrogens with zero attached hydrogens (tertiary/aromatic N) is 1. The summed E-state index contributed by atoms with van der Waals surface area (Å²) in [6.07, 6.45) is 8.87. The van der Waals surface area contributed by atoms with Crippen LogP contribution in [0, 0.1) is 5.92 Å². The van der Waals surface area contributed by atoms with Gasteiger partial charge in [-0.1, -0.05) is 31.0 Å². The number of nitrogens with one attached hydrogen (secondary N) is 2. The van der Waals surface area contributed by atoms with Gasteiger partial charge >= 0.3 is 0 Å². The molecule has 1 saturated heterocycles. The first kappa shape index (κ1) is 19.0. The summed E-state index contributed by atoms with van der Waals surface area (Å²) in [5, 5.41) is 4.12. The molecule has 0 bridgehead atoms. The number of benzene rings is 1. The quantitative estimate of drug-likeness (QED) is 0.612. The Balaban J connectivity index is 1.33. The molecule has 0 radical (unpaired) electrons. The summed E-state index contributed by atoms with van der Waals surface area (Å²) in [7, 11) is 0. The molecule has 4 rings (SSSR count). The Kier molecular flexibility index (Phi) is 5.67. The van der Waals surface area contributed by atoms with E-state index in [1.807, 2.05) is 30.5 Å². The van der Waals surface area contributed by atoms with Crippen LogP contribution in [0.25, 0.3) is 10.9 Å². The number of para-hydroxylation sites is 1. The highest BCUT2D eigenvalue weighted by Crippen LogP contribution is 2.33. The molecular weight excluding hydrogens is 352 g/mol. The van der Waals surface area contributed by atoms with Crippen molar-refractivity contribution in [1.29, 1.82) is 0 Å². The first-order valence-corrected chi connectivity index (χ1v) is 10.5. The van der Waals surface area contributed by atoms with Crippen molar-refractivity contribution in [2.45, 2.75) is 57.0 Å². The molecule has 1 aromatic carbocycles. The minimum atomic E-state index is -0.637. The first-order valence-electron chi connectivity index (χ1n) is 10.5. The van der Waals surface area contributed by atoms with Gasteiger partial charge < -0.3 is 20.9 Å². The van der Waals surface area contributed by atoms with Crippen molar-refractivity contribution >= 4 is 22.7 Å². The smallest absolute Gasteiger partial charge is 0.242 e. The Morgan fingerprint density at radius 1 is 1.25 bits per heavy atom. The number of hydrogen-bond acceptors (Lipinski definition) is 3. The van der Waals surface area contributed by atoms with Crippen molar-refractivity contribution in [3.05, 3.63) is 36.0 Å². The van der Waals surface area contributed by atoms with E-state index < -0.39 is 6.04 Å². The molecule has 4 N–H and O–H groups in total. The number of hydrogen-bond donors (Lipinski definition) is 3. The maximum Gasteiger partial charge on any atom is 0.242 e. The number of aromatic amines is 1. The van der Waals surface area contributed by atoms with Crippen LogP contribution in [0.1, 0.15) is 44.1 Å². The van der Waals surface area contributed by atoms with Crippen molar-refractivity contribution in [3.8, 4) is 0 Å². The monoisotopic (exact) mass is 382 g/mol. The average Bonchev–Trinajstić information content (AvgIpc) is 3.24. The van der Waals surface area contributed by atoms with Gasteiger partial charge in [0.1, 0.15) is 6.04 Å². The van der Waals surface area contributed by atoms with Gasteiger partial charge in [0, 0.05) is 30.2 Å². The van der Waals surface area contributed by atoms with E-state index in [0.29, 0.717) is 19.5 Å². The lowest BCUT2D eigenvalue weighted by molar-refractivity contribution is -0.139. The van der Waals surface area contributed by atoms with Crippen LogP contribution in [0.3, 0.4) is 0 Å². The molecule has 2 aliphatic rings. The van der Waals surface area contributed by atoms with Crippen LogP contribution in [0.15, 0.2) is 30.5 Å². The van der Waals surface area contributed by atoms with Gasteiger partial charge in [-0.15, -0.1) is 0 Å². The van der Waals surface area contributed by atoms with E-state index in [1.54, 1.807) is 4.90 Å². The van der Waals surface area contributed by atoms with Crippen molar-refractivity contribution < 1.29 is 9.59 Å². The third-order valence-electron chi connectivity index (χ3n) is 6.06. The molecule has 150 valence electrons. The summed E-state index contributed by atoms with van der Waals surface area (Å²) in [6, 6.07) is 7.00. The predicted octanol–water partition coefficient (Wildman–Crippen LogP) is 2.34. The highest BCUT2D eigenvalue weighted by atomic mass is 16.2. The summed E-state index contributed by atoms with van der Waals surface area (Å²) >= 11 is 0. The average molecular weight is 383 g/mol. The summed E-state index contributed by atoms with van der Waals surface area (Å²) in [4.78, 5) is 30.5. The molecule has 6 nitrogen and oxygen atoms in total. The second kappa shape index (κ2) is 8.35. The number of rotatable bonds is 8. The zero-order valence-electron chi connectivity index (χ0n) is 16.3. The largest absolute Gasteiger partial charge is 0.361 e. The third-order valence-corrected chi connectivity index (χ3v) is 6.06. The van der Waals surface area contributed by atoms with E-state index in [9.17, 15) is 9.59 Å². The lowest BCUT2D eigenvalue weighted by Gasteiger charge is -2.26. The van der Waals surface area contributed by atoms with Gasteiger partial charge in [-0.05, 0) is 49.7 Å². The lowest BCUT2D eigenvalue weighted by atomic mass is 10.0. The minimum Gasteiger partial charge on any atom is -0.361 e. The summed E-state index contributed by atoms with van der Waals surface area (Å²) in [5.41, 5.74) is 8.35. The Morgan fingerprint density at radius 3 is 2.89 bits per heavy atom. The number of H-pyrrole nitrogens is 1. The van der Waals surface area contributed by atoms with Crippen LogP contribution in [0.2, 0.25) is 0 Å². The second-order valence-electron chi connectivity index (χ2n) is 8.24. The van der Waals surface area contributed by atoms with Crippen molar-refractivity contribution in [2.24, 2.45) is 11.7 Å². The molecular formula is C22H30N4O2. The molecule has 2 fully saturated rings.